The second-order valence-corrected chi connectivity index (χ2v) is 8.06. The highest BCUT2D eigenvalue weighted by Crippen LogP contribution is 2.47. The molecule has 1 aliphatic rings. The van der Waals surface area contributed by atoms with Crippen molar-refractivity contribution in [2.75, 3.05) is 0 Å². The van der Waals surface area contributed by atoms with Crippen LogP contribution in [-0.4, -0.2) is 5.11 Å². The Hall–Kier alpha value is -3.28. The van der Waals surface area contributed by atoms with Crippen molar-refractivity contribution in [1.29, 1.82) is 0 Å². The second-order valence-electron chi connectivity index (χ2n) is 8.06. The summed E-state index contributed by atoms with van der Waals surface area (Å²) in [5.74, 6) is -0.0376. The van der Waals surface area contributed by atoms with Crippen molar-refractivity contribution >= 4 is 11.6 Å². The molecule has 0 aliphatic heterocycles. The predicted octanol–water partition coefficient (Wildman–Crippen LogP) is 6.86. The first-order chi connectivity index (χ1) is 15.3. The number of rotatable bonds is 6. The zero-order valence-corrected chi connectivity index (χ0v) is 17.5. The van der Waals surface area contributed by atoms with E-state index in [2.05, 4.69) is 0 Å². The monoisotopic (exact) mass is 440 g/mol. The lowest BCUT2D eigenvalue weighted by molar-refractivity contribution is -0.137. The number of alkyl halides is 3. The highest BCUT2D eigenvalue weighted by molar-refractivity contribution is 5.80. The molecule has 3 nitrogen and oxygen atoms in total. The fraction of sp³-hybridized carbons (Fsp3) is 0.269. The highest BCUT2D eigenvalue weighted by Gasteiger charge is 2.37. The van der Waals surface area contributed by atoms with Crippen molar-refractivity contribution in [3.8, 4) is 5.75 Å². The molecule has 1 aromatic heterocycles. The van der Waals surface area contributed by atoms with Gasteiger partial charge in [-0.05, 0) is 60.1 Å². The molecule has 1 N–H and O–H groups in total. The van der Waals surface area contributed by atoms with Gasteiger partial charge < -0.3 is 9.52 Å². The van der Waals surface area contributed by atoms with Crippen molar-refractivity contribution in [1.82, 2.24) is 0 Å². The molecular weight excluding hydrogens is 417 g/mol. The first-order valence-electron chi connectivity index (χ1n) is 10.6. The molecule has 1 aliphatic carbocycles. The number of halogens is 3. The minimum Gasteiger partial charge on any atom is -0.507 e. The van der Waals surface area contributed by atoms with E-state index in [1.165, 1.54) is 18.2 Å². The largest absolute Gasteiger partial charge is 0.507 e. The number of hydrogen-bond acceptors (Lipinski definition) is 3. The van der Waals surface area contributed by atoms with Gasteiger partial charge in [0.15, 0.2) is 0 Å². The average Bonchev–Trinajstić information content (AvgIpc) is 3.60. The van der Waals surface area contributed by atoms with Crippen LogP contribution in [-0.2, 0) is 6.18 Å². The standard InChI is InChI=1S/C26H23F3O3/c1-2-16(19-9-6-10-20(13-19)26(27,28)29)14-21-15-22(30)24(25(31)32-21)23(18-11-12-18)17-7-4-3-5-8-17/h3-10,13-15,18,23,30H,2,11-12H2,1H3. The molecule has 2 aromatic carbocycles. The van der Waals surface area contributed by atoms with E-state index in [1.807, 2.05) is 30.3 Å². The first kappa shape index (κ1) is 21.9. The van der Waals surface area contributed by atoms with E-state index < -0.39 is 17.4 Å². The number of hydrogen-bond donors (Lipinski definition) is 1. The van der Waals surface area contributed by atoms with Crippen LogP contribution in [0.25, 0.3) is 11.6 Å². The summed E-state index contributed by atoms with van der Waals surface area (Å²) >= 11 is 0. The van der Waals surface area contributed by atoms with Crippen molar-refractivity contribution in [2.24, 2.45) is 5.92 Å². The molecule has 1 fully saturated rings. The third-order valence-corrected chi connectivity index (χ3v) is 5.81. The lowest BCUT2D eigenvalue weighted by Crippen LogP contribution is -2.16. The Bertz CT molecular complexity index is 1190. The number of benzene rings is 2. The Morgan fingerprint density at radius 2 is 1.84 bits per heavy atom. The van der Waals surface area contributed by atoms with Gasteiger partial charge in [0.25, 0.3) is 0 Å². The van der Waals surface area contributed by atoms with Crippen molar-refractivity contribution < 1.29 is 22.7 Å². The van der Waals surface area contributed by atoms with Crippen molar-refractivity contribution in [3.63, 3.8) is 0 Å². The Balaban J connectivity index is 1.73. The van der Waals surface area contributed by atoms with Gasteiger partial charge in [0.1, 0.15) is 11.5 Å². The molecule has 1 heterocycles. The second kappa shape index (κ2) is 8.69. The van der Waals surface area contributed by atoms with Crippen LogP contribution < -0.4 is 5.63 Å². The van der Waals surface area contributed by atoms with Crippen LogP contribution in [0.1, 0.15) is 60.1 Å². The normalized spacial score (nSPS) is 15.6. The molecule has 1 atom stereocenters. The molecule has 0 radical (unpaired) electrons. The third kappa shape index (κ3) is 4.64. The molecule has 0 spiro atoms. The van der Waals surface area contributed by atoms with Crippen molar-refractivity contribution in [2.45, 2.75) is 38.3 Å². The molecule has 3 aromatic rings. The van der Waals surface area contributed by atoms with E-state index in [1.54, 1.807) is 13.0 Å². The van der Waals surface area contributed by atoms with E-state index in [-0.39, 0.29) is 28.9 Å². The summed E-state index contributed by atoms with van der Waals surface area (Å²) < 4.78 is 44.8. The van der Waals surface area contributed by atoms with Gasteiger partial charge in [0, 0.05) is 12.0 Å². The van der Waals surface area contributed by atoms with E-state index in [4.69, 9.17) is 4.42 Å². The summed E-state index contributed by atoms with van der Waals surface area (Å²) in [6.45, 7) is 1.80. The van der Waals surface area contributed by atoms with E-state index in [0.717, 1.165) is 30.5 Å². The summed E-state index contributed by atoms with van der Waals surface area (Å²) in [7, 11) is 0. The molecule has 1 unspecified atom stereocenters. The molecule has 32 heavy (non-hydrogen) atoms. The molecule has 0 amide bonds. The van der Waals surface area contributed by atoms with Crippen LogP contribution in [0, 0.1) is 5.92 Å². The van der Waals surface area contributed by atoms with Gasteiger partial charge in [-0.25, -0.2) is 4.79 Å². The van der Waals surface area contributed by atoms with Crippen LogP contribution in [0.15, 0.2) is 69.9 Å². The summed E-state index contributed by atoms with van der Waals surface area (Å²) in [6.07, 6.45) is -0.584. The third-order valence-electron chi connectivity index (χ3n) is 5.81. The fourth-order valence-corrected chi connectivity index (χ4v) is 4.09. The molecule has 0 saturated heterocycles. The fourth-order valence-electron chi connectivity index (χ4n) is 4.09. The van der Waals surface area contributed by atoms with Gasteiger partial charge in [-0.15, -0.1) is 0 Å². The molecule has 1 saturated carbocycles. The van der Waals surface area contributed by atoms with Gasteiger partial charge in [0.2, 0.25) is 0 Å². The smallest absolute Gasteiger partial charge is 0.416 e. The first-order valence-corrected chi connectivity index (χ1v) is 10.6. The lowest BCUT2D eigenvalue weighted by atomic mass is 9.87. The van der Waals surface area contributed by atoms with Crippen LogP contribution >= 0.6 is 0 Å². The lowest BCUT2D eigenvalue weighted by Gasteiger charge is -2.17. The van der Waals surface area contributed by atoms with Gasteiger partial charge >= 0.3 is 11.8 Å². The Kier molecular flexibility index (Phi) is 5.96. The summed E-state index contributed by atoms with van der Waals surface area (Å²) in [5, 5.41) is 10.7. The van der Waals surface area contributed by atoms with Crippen molar-refractivity contribution in [3.05, 3.63) is 99.1 Å². The van der Waals surface area contributed by atoms with Crippen LogP contribution in [0.5, 0.6) is 5.75 Å². The zero-order valence-electron chi connectivity index (χ0n) is 17.5. The van der Waals surface area contributed by atoms with Gasteiger partial charge in [-0.1, -0.05) is 49.4 Å². The summed E-state index contributed by atoms with van der Waals surface area (Å²) in [5.41, 5.74) is 0.745. The molecular formula is C26H23F3O3. The zero-order chi connectivity index (χ0) is 22.9. The maximum absolute atomic E-state index is 13.1. The van der Waals surface area contributed by atoms with Crippen LogP contribution in [0.4, 0.5) is 13.2 Å². The quantitative estimate of drug-likeness (QED) is 0.456. The SMILES string of the molecule is CCC(=Cc1cc(O)c(C(c2ccccc2)C2CC2)c(=O)o1)c1cccc(C(F)(F)F)c1. The van der Waals surface area contributed by atoms with Crippen LogP contribution in [0.3, 0.4) is 0 Å². The van der Waals surface area contributed by atoms with E-state index >= 15 is 0 Å². The Morgan fingerprint density at radius 1 is 1.12 bits per heavy atom. The van der Waals surface area contributed by atoms with Gasteiger partial charge in [0.05, 0.1) is 11.1 Å². The summed E-state index contributed by atoms with van der Waals surface area (Å²) in [6, 6.07) is 15.9. The van der Waals surface area contributed by atoms with Gasteiger partial charge in [-0.2, -0.15) is 13.2 Å². The molecule has 6 heteroatoms. The number of allylic oxidation sites excluding steroid dienone is 1. The maximum atomic E-state index is 13.1. The summed E-state index contributed by atoms with van der Waals surface area (Å²) in [4.78, 5) is 12.9. The maximum Gasteiger partial charge on any atom is 0.416 e. The Morgan fingerprint density at radius 3 is 2.44 bits per heavy atom. The van der Waals surface area contributed by atoms with E-state index in [0.29, 0.717) is 17.6 Å². The van der Waals surface area contributed by atoms with E-state index in [9.17, 15) is 23.1 Å². The predicted molar refractivity (Wildman–Crippen MR) is 117 cm³/mol. The Labute approximate surface area is 183 Å². The van der Waals surface area contributed by atoms with Crippen LogP contribution in [0.2, 0.25) is 0 Å². The minimum absolute atomic E-state index is 0.105. The highest BCUT2D eigenvalue weighted by atomic mass is 19.4. The molecule has 4 rings (SSSR count). The number of aromatic hydroxyl groups is 1. The minimum atomic E-state index is -4.45. The molecule has 0 bridgehead atoms. The average molecular weight is 440 g/mol. The van der Waals surface area contributed by atoms with Gasteiger partial charge in [-0.3, -0.25) is 0 Å². The topological polar surface area (TPSA) is 50.4 Å². The molecule has 166 valence electrons.